The molecule has 2 aromatic carbocycles. The minimum absolute atomic E-state index is 0.334. The van der Waals surface area contributed by atoms with Crippen LogP contribution in [0.3, 0.4) is 0 Å². The summed E-state index contributed by atoms with van der Waals surface area (Å²) in [6.45, 7) is 0. The van der Waals surface area contributed by atoms with Gasteiger partial charge in [0.25, 0.3) is 0 Å². The molecule has 3 heteroatoms. The van der Waals surface area contributed by atoms with Crippen molar-refractivity contribution in [3.8, 4) is 28.5 Å². The lowest BCUT2D eigenvalue weighted by Gasteiger charge is -2.04. The monoisotopic (exact) mass is 309 g/mol. The lowest BCUT2D eigenvalue weighted by atomic mass is 10.0. The Morgan fingerprint density at radius 1 is 0.792 bits per heavy atom. The second-order valence-electron chi connectivity index (χ2n) is 5.61. The minimum Gasteiger partial charge on any atom is -0.302 e. The second-order valence-corrected chi connectivity index (χ2v) is 5.61. The first-order chi connectivity index (χ1) is 11.9. The fourth-order valence-electron chi connectivity index (χ4n) is 2.97. The number of pyridine rings is 1. The van der Waals surface area contributed by atoms with Crippen molar-refractivity contribution in [3.63, 3.8) is 0 Å². The van der Waals surface area contributed by atoms with Gasteiger partial charge >= 0.3 is 0 Å². The molecule has 0 atom stereocenters. The Morgan fingerprint density at radius 3 is 2.21 bits per heavy atom. The minimum atomic E-state index is 0.334. The highest BCUT2D eigenvalue weighted by Crippen LogP contribution is 2.27. The summed E-state index contributed by atoms with van der Waals surface area (Å²) in [5.41, 5.74) is 6.07. The molecule has 4 rings (SSSR count). The zero-order valence-electron chi connectivity index (χ0n) is 13.1. The van der Waals surface area contributed by atoms with Gasteiger partial charge in [0.15, 0.2) is 0 Å². The van der Waals surface area contributed by atoms with E-state index in [0.29, 0.717) is 6.42 Å². The lowest BCUT2D eigenvalue weighted by molar-refractivity contribution is 1.06. The Kier molecular flexibility index (Phi) is 3.57. The number of hydrogen-bond donors (Lipinski definition) is 0. The average molecular weight is 309 g/mol. The lowest BCUT2D eigenvalue weighted by Crippen LogP contribution is -1.92. The van der Waals surface area contributed by atoms with E-state index in [1.807, 2.05) is 47.0 Å². The molecule has 0 aliphatic carbocycles. The normalized spacial score (nSPS) is 10.6. The molecule has 2 heterocycles. The maximum absolute atomic E-state index is 9.17. The zero-order valence-corrected chi connectivity index (χ0v) is 13.1. The Labute approximate surface area is 140 Å². The van der Waals surface area contributed by atoms with E-state index >= 15 is 0 Å². The van der Waals surface area contributed by atoms with Gasteiger partial charge < -0.3 is 4.40 Å². The predicted molar refractivity (Wildman–Crippen MR) is 95.4 cm³/mol. The van der Waals surface area contributed by atoms with E-state index in [9.17, 15) is 5.26 Å². The molecule has 0 aliphatic heterocycles. The van der Waals surface area contributed by atoms with Gasteiger partial charge in [0.05, 0.1) is 23.9 Å². The number of fused-ring (bicyclic) bond motifs is 1. The van der Waals surface area contributed by atoms with Gasteiger partial charge in [0.1, 0.15) is 5.65 Å². The predicted octanol–water partition coefficient (Wildman–Crippen LogP) is 4.73. The van der Waals surface area contributed by atoms with E-state index in [1.165, 1.54) is 11.1 Å². The third-order valence-corrected chi connectivity index (χ3v) is 4.14. The van der Waals surface area contributed by atoms with Crippen molar-refractivity contribution in [2.75, 3.05) is 0 Å². The fourth-order valence-corrected chi connectivity index (χ4v) is 2.97. The number of nitriles is 1. The third-order valence-electron chi connectivity index (χ3n) is 4.14. The summed E-state index contributed by atoms with van der Waals surface area (Å²) in [7, 11) is 0. The van der Waals surface area contributed by atoms with Crippen LogP contribution in [0.25, 0.3) is 28.0 Å². The highest BCUT2D eigenvalue weighted by molar-refractivity contribution is 5.71. The van der Waals surface area contributed by atoms with Crippen molar-refractivity contribution in [1.29, 1.82) is 5.26 Å². The molecule has 0 saturated carbocycles. The summed E-state index contributed by atoms with van der Waals surface area (Å²) < 4.78 is 1.99. The topological polar surface area (TPSA) is 41.1 Å². The van der Waals surface area contributed by atoms with Crippen LogP contribution < -0.4 is 0 Å². The van der Waals surface area contributed by atoms with E-state index in [2.05, 4.69) is 42.5 Å². The molecule has 0 radical (unpaired) electrons. The number of nitrogens with zero attached hydrogens (tertiary/aromatic N) is 3. The van der Waals surface area contributed by atoms with Crippen LogP contribution >= 0.6 is 0 Å². The summed E-state index contributed by atoms with van der Waals surface area (Å²) in [6.07, 6.45) is 2.29. The maximum atomic E-state index is 9.17. The zero-order chi connectivity index (χ0) is 16.4. The van der Waals surface area contributed by atoms with E-state index in [4.69, 9.17) is 4.98 Å². The van der Waals surface area contributed by atoms with E-state index < -0.39 is 0 Å². The number of aromatic nitrogens is 2. The van der Waals surface area contributed by atoms with Crippen LogP contribution in [-0.4, -0.2) is 9.38 Å². The van der Waals surface area contributed by atoms with Crippen molar-refractivity contribution in [2.45, 2.75) is 6.42 Å². The maximum Gasteiger partial charge on any atom is 0.137 e. The van der Waals surface area contributed by atoms with Gasteiger partial charge in [-0.1, -0.05) is 60.7 Å². The molecule has 24 heavy (non-hydrogen) atoms. The molecule has 0 fully saturated rings. The summed E-state index contributed by atoms with van der Waals surface area (Å²) >= 11 is 0. The number of benzene rings is 2. The van der Waals surface area contributed by atoms with Crippen molar-refractivity contribution in [2.24, 2.45) is 0 Å². The van der Waals surface area contributed by atoms with Gasteiger partial charge in [-0.25, -0.2) is 4.98 Å². The first-order valence-corrected chi connectivity index (χ1v) is 7.85. The molecule has 0 bridgehead atoms. The molecule has 0 spiro atoms. The van der Waals surface area contributed by atoms with Crippen molar-refractivity contribution in [1.82, 2.24) is 9.38 Å². The average Bonchev–Trinajstić information content (AvgIpc) is 3.02. The summed E-state index contributed by atoms with van der Waals surface area (Å²) in [6, 6.07) is 26.8. The molecule has 114 valence electrons. The van der Waals surface area contributed by atoms with Crippen LogP contribution in [0.5, 0.6) is 0 Å². The molecular formula is C21H15N3. The summed E-state index contributed by atoms with van der Waals surface area (Å²) in [5, 5.41) is 9.17. The molecule has 3 nitrogen and oxygen atoms in total. The van der Waals surface area contributed by atoms with Gasteiger partial charge in [-0.15, -0.1) is 0 Å². The first kappa shape index (κ1) is 14.2. The standard InChI is InChI=1S/C21H15N3/c22-14-13-19-21(23-20-8-4-5-15-24(19)20)18-11-9-17(10-12-18)16-6-2-1-3-7-16/h1-12,15H,13H2. The van der Waals surface area contributed by atoms with Crippen molar-refractivity contribution < 1.29 is 0 Å². The van der Waals surface area contributed by atoms with Crippen LogP contribution in [0.4, 0.5) is 0 Å². The smallest absolute Gasteiger partial charge is 0.137 e. The van der Waals surface area contributed by atoms with Gasteiger partial charge in [0.2, 0.25) is 0 Å². The van der Waals surface area contributed by atoms with Crippen molar-refractivity contribution >= 4 is 5.65 Å². The highest BCUT2D eigenvalue weighted by Gasteiger charge is 2.13. The fraction of sp³-hybridized carbons (Fsp3) is 0.0476. The summed E-state index contributed by atoms with van der Waals surface area (Å²) in [5.74, 6) is 0. The van der Waals surface area contributed by atoms with Crippen LogP contribution in [-0.2, 0) is 6.42 Å². The first-order valence-electron chi connectivity index (χ1n) is 7.85. The quantitative estimate of drug-likeness (QED) is 0.549. The molecule has 0 amide bonds. The van der Waals surface area contributed by atoms with Crippen LogP contribution in [0.2, 0.25) is 0 Å². The number of imidazole rings is 1. The molecule has 0 aliphatic rings. The van der Waals surface area contributed by atoms with Gasteiger partial charge in [-0.3, -0.25) is 0 Å². The number of hydrogen-bond acceptors (Lipinski definition) is 2. The Morgan fingerprint density at radius 2 is 1.46 bits per heavy atom. The van der Waals surface area contributed by atoms with Crippen LogP contribution in [0.15, 0.2) is 79.0 Å². The molecule has 4 aromatic rings. The summed E-state index contributed by atoms with van der Waals surface area (Å²) in [4.78, 5) is 4.72. The molecule has 2 aromatic heterocycles. The highest BCUT2D eigenvalue weighted by atomic mass is 15.0. The van der Waals surface area contributed by atoms with E-state index in [-0.39, 0.29) is 0 Å². The van der Waals surface area contributed by atoms with E-state index in [0.717, 1.165) is 22.6 Å². The SMILES string of the molecule is N#CCc1c(-c2ccc(-c3ccccc3)cc2)nc2ccccn12. The van der Waals surface area contributed by atoms with E-state index in [1.54, 1.807) is 0 Å². The second kappa shape index (κ2) is 6.02. The molecule has 0 unspecified atom stereocenters. The van der Waals surface area contributed by atoms with Crippen molar-refractivity contribution in [3.05, 3.63) is 84.7 Å². The molecule has 0 saturated heterocycles. The largest absolute Gasteiger partial charge is 0.302 e. The Hall–Kier alpha value is -3.38. The Bertz CT molecular complexity index is 1020. The van der Waals surface area contributed by atoms with Gasteiger partial charge in [-0.2, -0.15) is 5.26 Å². The number of rotatable bonds is 3. The Balaban J connectivity index is 1.80. The third kappa shape index (κ3) is 2.45. The van der Waals surface area contributed by atoms with Crippen LogP contribution in [0, 0.1) is 11.3 Å². The van der Waals surface area contributed by atoms with Gasteiger partial charge in [-0.05, 0) is 23.3 Å². The van der Waals surface area contributed by atoms with Gasteiger partial charge in [0, 0.05) is 11.8 Å². The molecular weight excluding hydrogens is 294 g/mol. The molecule has 0 N–H and O–H groups in total. The van der Waals surface area contributed by atoms with Crippen LogP contribution in [0.1, 0.15) is 5.69 Å².